The van der Waals surface area contributed by atoms with E-state index in [1.165, 1.54) is 6.08 Å². The van der Waals surface area contributed by atoms with Crippen LogP contribution in [0.1, 0.15) is 5.76 Å². The van der Waals surface area contributed by atoms with Crippen LogP contribution >= 0.6 is 39.1 Å². The first-order chi connectivity index (χ1) is 9.02. The third-order valence-electron chi connectivity index (χ3n) is 2.12. The molecule has 0 fully saturated rings. The molecule has 0 aliphatic heterocycles. The van der Waals surface area contributed by atoms with E-state index in [1.54, 1.807) is 36.4 Å². The zero-order valence-corrected chi connectivity index (χ0v) is 12.6. The lowest BCUT2D eigenvalue weighted by Gasteiger charge is -2.03. The van der Waals surface area contributed by atoms with Crippen molar-refractivity contribution < 1.29 is 9.21 Å². The minimum atomic E-state index is -0.300. The minimum Gasteiger partial charge on any atom is -0.450 e. The zero-order chi connectivity index (χ0) is 13.8. The largest absolute Gasteiger partial charge is 0.450 e. The molecule has 0 radical (unpaired) electrons. The SMILES string of the molecule is O=C(C=Cc1ccc(Br)o1)Nc1cc(Cl)cc(Cl)c1. The van der Waals surface area contributed by atoms with Gasteiger partial charge in [-0.05, 0) is 52.3 Å². The monoisotopic (exact) mass is 359 g/mol. The summed E-state index contributed by atoms with van der Waals surface area (Å²) < 4.78 is 5.84. The highest BCUT2D eigenvalue weighted by molar-refractivity contribution is 9.10. The van der Waals surface area contributed by atoms with Crippen molar-refractivity contribution in [3.63, 3.8) is 0 Å². The Bertz CT molecular complexity index is 617. The summed E-state index contributed by atoms with van der Waals surface area (Å²) in [5.74, 6) is 0.275. The van der Waals surface area contributed by atoms with Gasteiger partial charge >= 0.3 is 0 Å². The third-order valence-corrected chi connectivity index (χ3v) is 2.99. The first-order valence-corrected chi connectivity index (χ1v) is 6.78. The molecule has 98 valence electrons. The second kappa shape index (κ2) is 6.28. The maximum Gasteiger partial charge on any atom is 0.248 e. The highest BCUT2D eigenvalue weighted by Crippen LogP contribution is 2.22. The van der Waals surface area contributed by atoms with E-state index in [1.807, 2.05) is 0 Å². The Morgan fingerprint density at radius 1 is 1.21 bits per heavy atom. The fourth-order valence-electron chi connectivity index (χ4n) is 1.39. The Labute approximate surface area is 128 Å². The fourth-order valence-corrected chi connectivity index (χ4v) is 2.23. The summed E-state index contributed by atoms with van der Waals surface area (Å²) in [7, 11) is 0. The number of benzene rings is 1. The molecule has 3 nitrogen and oxygen atoms in total. The maximum absolute atomic E-state index is 11.7. The van der Waals surface area contributed by atoms with Gasteiger partial charge in [0, 0.05) is 21.8 Å². The molecule has 0 aliphatic rings. The van der Waals surface area contributed by atoms with Crippen LogP contribution in [0.25, 0.3) is 6.08 Å². The number of nitrogens with one attached hydrogen (secondary N) is 1. The van der Waals surface area contributed by atoms with Crippen molar-refractivity contribution >= 4 is 56.8 Å². The third kappa shape index (κ3) is 4.42. The highest BCUT2D eigenvalue weighted by Gasteiger charge is 2.02. The normalized spacial score (nSPS) is 10.9. The van der Waals surface area contributed by atoms with Crippen LogP contribution < -0.4 is 5.32 Å². The van der Waals surface area contributed by atoms with E-state index < -0.39 is 0 Å². The van der Waals surface area contributed by atoms with Gasteiger partial charge in [-0.3, -0.25) is 4.79 Å². The summed E-state index contributed by atoms with van der Waals surface area (Å²) in [5, 5.41) is 3.57. The smallest absolute Gasteiger partial charge is 0.248 e. The molecule has 19 heavy (non-hydrogen) atoms. The van der Waals surface area contributed by atoms with Crippen molar-refractivity contribution in [1.82, 2.24) is 0 Å². The average molecular weight is 361 g/mol. The lowest BCUT2D eigenvalue weighted by molar-refractivity contribution is -0.111. The van der Waals surface area contributed by atoms with Gasteiger partial charge in [0.2, 0.25) is 5.91 Å². The molecule has 0 saturated carbocycles. The quantitative estimate of drug-likeness (QED) is 0.782. The molecule has 1 heterocycles. The molecule has 0 saturated heterocycles. The topological polar surface area (TPSA) is 42.2 Å². The summed E-state index contributed by atoms with van der Waals surface area (Å²) in [6.07, 6.45) is 2.92. The lowest BCUT2D eigenvalue weighted by atomic mass is 10.3. The van der Waals surface area contributed by atoms with Gasteiger partial charge in [0.25, 0.3) is 0 Å². The maximum atomic E-state index is 11.7. The van der Waals surface area contributed by atoms with E-state index in [-0.39, 0.29) is 5.91 Å². The zero-order valence-electron chi connectivity index (χ0n) is 9.49. The van der Waals surface area contributed by atoms with Crippen LogP contribution in [-0.4, -0.2) is 5.91 Å². The van der Waals surface area contributed by atoms with E-state index in [0.717, 1.165) is 0 Å². The molecule has 6 heteroatoms. The lowest BCUT2D eigenvalue weighted by Crippen LogP contribution is -2.07. The number of rotatable bonds is 3. The number of halogens is 3. The Morgan fingerprint density at radius 2 is 1.89 bits per heavy atom. The van der Waals surface area contributed by atoms with Crippen molar-refractivity contribution in [2.24, 2.45) is 0 Å². The van der Waals surface area contributed by atoms with Crippen LogP contribution in [0.3, 0.4) is 0 Å². The van der Waals surface area contributed by atoms with E-state index >= 15 is 0 Å². The molecule has 0 unspecified atom stereocenters. The summed E-state index contributed by atoms with van der Waals surface area (Å²) >= 11 is 14.8. The molecule has 1 aromatic carbocycles. The molecule has 0 atom stereocenters. The van der Waals surface area contributed by atoms with Gasteiger partial charge in [0.15, 0.2) is 4.67 Å². The molecule has 1 amide bonds. The van der Waals surface area contributed by atoms with E-state index in [2.05, 4.69) is 21.2 Å². The number of anilines is 1. The van der Waals surface area contributed by atoms with Gasteiger partial charge < -0.3 is 9.73 Å². The Kier molecular flexibility index (Phi) is 4.69. The average Bonchev–Trinajstić information content (AvgIpc) is 2.71. The van der Waals surface area contributed by atoms with Crippen LogP contribution in [0.5, 0.6) is 0 Å². The van der Waals surface area contributed by atoms with Gasteiger partial charge in [-0.15, -0.1) is 0 Å². The van der Waals surface area contributed by atoms with Gasteiger partial charge in [0.1, 0.15) is 5.76 Å². The van der Waals surface area contributed by atoms with Gasteiger partial charge in [-0.25, -0.2) is 0 Å². The molecule has 2 aromatic rings. The first kappa shape index (κ1) is 14.2. The Balaban J connectivity index is 2.03. The van der Waals surface area contributed by atoms with Gasteiger partial charge in [-0.1, -0.05) is 23.2 Å². The summed E-state index contributed by atoms with van der Waals surface area (Å²) in [6, 6.07) is 8.30. The number of carbonyl (C=O) groups is 1. The van der Waals surface area contributed by atoms with E-state index in [0.29, 0.717) is 26.2 Å². The minimum absolute atomic E-state index is 0.300. The van der Waals surface area contributed by atoms with Gasteiger partial charge in [-0.2, -0.15) is 0 Å². The number of carbonyl (C=O) groups excluding carboxylic acids is 1. The van der Waals surface area contributed by atoms with E-state index in [9.17, 15) is 4.79 Å². The van der Waals surface area contributed by atoms with Crippen LogP contribution in [0.15, 0.2) is 45.5 Å². The summed E-state index contributed by atoms with van der Waals surface area (Å²) in [4.78, 5) is 11.7. The second-order valence-corrected chi connectivity index (χ2v) is 5.28. The fraction of sp³-hybridized carbons (Fsp3) is 0. The number of amides is 1. The molecule has 0 spiro atoms. The van der Waals surface area contributed by atoms with Gasteiger partial charge in [0.05, 0.1) is 0 Å². The molecule has 1 N–H and O–H groups in total. The predicted molar refractivity (Wildman–Crippen MR) is 80.5 cm³/mol. The molecule has 2 rings (SSSR count). The van der Waals surface area contributed by atoms with Crippen LogP contribution in [0.2, 0.25) is 10.0 Å². The molecule has 0 aliphatic carbocycles. The molecular formula is C13H8BrCl2NO2. The van der Waals surface area contributed by atoms with Crippen LogP contribution in [-0.2, 0) is 4.79 Å². The Morgan fingerprint density at radius 3 is 2.47 bits per heavy atom. The number of hydrogen-bond acceptors (Lipinski definition) is 2. The first-order valence-electron chi connectivity index (χ1n) is 5.23. The molecule has 0 bridgehead atoms. The standard InChI is InChI=1S/C13H8BrCl2NO2/c14-12-3-1-11(19-12)2-4-13(18)17-10-6-8(15)5-9(16)7-10/h1-7H,(H,17,18). The van der Waals surface area contributed by atoms with Crippen LogP contribution in [0.4, 0.5) is 5.69 Å². The van der Waals surface area contributed by atoms with Crippen molar-refractivity contribution in [3.8, 4) is 0 Å². The summed E-state index contributed by atoms with van der Waals surface area (Å²) in [5.41, 5.74) is 0.535. The molecule has 1 aromatic heterocycles. The Hall–Kier alpha value is -1.23. The number of hydrogen-bond donors (Lipinski definition) is 1. The molecular weight excluding hydrogens is 353 g/mol. The van der Waals surface area contributed by atoms with Crippen molar-refractivity contribution in [3.05, 3.63) is 56.9 Å². The summed E-state index contributed by atoms with van der Waals surface area (Å²) in [6.45, 7) is 0. The van der Waals surface area contributed by atoms with Crippen molar-refractivity contribution in [2.45, 2.75) is 0 Å². The second-order valence-electron chi connectivity index (χ2n) is 3.62. The predicted octanol–water partition coefficient (Wildman–Crippen LogP) is 5.00. The highest BCUT2D eigenvalue weighted by atomic mass is 79.9. The van der Waals surface area contributed by atoms with E-state index in [4.69, 9.17) is 27.6 Å². The van der Waals surface area contributed by atoms with Crippen molar-refractivity contribution in [1.29, 1.82) is 0 Å². The number of furan rings is 1. The van der Waals surface area contributed by atoms with Crippen LogP contribution in [0, 0.1) is 0 Å². The van der Waals surface area contributed by atoms with Crippen molar-refractivity contribution in [2.75, 3.05) is 5.32 Å².